The second-order valence-electron chi connectivity index (χ2n) is 8.08. The molecule has 3 rings (SSSR count). The van der Waals surface area contributed by atoms with Gasteiger partial charge in [-0.1, -0.05) is 18.2 Å². The number of rotatable bonds is 11. The zero-order valence-electron chi connectivity index (χ0n) is 18.3. The zero-order chi connectivity index (χ0) is 24.2. The topological polar surface area (TPSA) is 56.3 Å². The van der Waals surface area contributed by atoms with E-state index >= 15 is 0 Å². The first-order chi connectivity index (χ1) is 15.6. The van der Waals surface area contributed by atoms with Crippen molar-refractivity contribution in [2.24, 2.45) is 0 Å². The molecule has 2 N–H and O–H groups in total. The quantitative estimate of drug-likeness (QED) is 0.366. The zero-order valence-corrected chi connectivity index (χ0v) is 19.1. The summed E-state index contributed by atoms with van der Waals surface area (Å²) in [5.74, 6) is -3.40. The van der Waals surface area contributed by atoms with Crippen LogP contribution in [-0.2, 0) is 19.6 Å². The average Bonchev–Trinajstić information content (AvgIpc) is 3.13. The minimum atomic E-state index is -2.91. The summed E-state index contributed by atoms with van der Waals surface area (Å²) in [5.41, 5.74) is 0.863. The van der Waals surface area contributed by atoms with E-state index in [0.717, 1.165) is 11.6 Å². The molecule has 1 aromatic carbocycles. The van der Waals surface area contributed by atoms with Crippen LogP contribution >= 0.6 is 11.6 Å². The summed E-state index contributed by atoms with van der Waals surface area (Å²) < 4.78 is 67.8. The van der Waals surface area contributed by atoms with Crippen LogP contribution in [0.2, 0.25) is 5.28 Å². The maximum Gasteiger partial charge on any atom is 0.272 e. The van der Waals surface area contributed by atoms with Gasteiger partial charge in [-0.25, -0.2) is 31.9 Å². The number of fused-ring (bicyclic) bond motifs is 1. The maximum absolute atomic E-state index is 14.3. The summed E-state index contributed by atoms with van der Waals surface area (Å²) in [6, 6.07) is 3.84. The molecular formula is C21H26ClF5N6. The van der Waals surface area contributed by atoms with E-state index in [1.807, 2.05) is 4.90 Å². The van der Waals surface area contributed by atoms with Crippen molar-refractivity contribution in [1.29, 1.82) is 0 Å². The van der Waals surface area contributed by atoms with Crippen molar-refractivity contribution >= 4 is 17.4 Å². The molecule has 33 heavy (non-hydrogen) atoms. The highest BCUT2D eigenvalue weighted by atomic mass is 35.5. The van der Waals surface area contributed by atoms with E-state index < -0.39 is 30.3 Å². The molecule has 0 fully saturated rings. The minimum Gasteiger partial charge on any atom is -0.365 e. The number of nitrogens with zero attached hydrogens (tertiary/aromatic N) is 4. The van der Waals surface area contributed by atoms with Crippen LogP contribution in [0.4, 0.5) is 27.8 Å². The van der Waals surface area contributed by atoms with E-state index in [9.17, 15) is 22.0 Å². The third-order valence-electron chi connectivity index (χ3n) is 5.35. The number of anilines is 1. The van der Waals surface area contributed by atoms with Crippen molar-refractivity contribution in [2.45, 2.75) is 32.0 Å². The van der Waals surface area contributed by atoms with Gasteiger partial charge in [0.25, 0.3) is 12.3 Å². The molecule has 0 amide bonds. The first kappa shape index (κ1) is 25.5. The molecular weight excluding hydrogens is 467 g/mol. The fraction of sp³-hybridized carbons (Fsp3) is 0.524. The minimum absolute atomic E-state index is 0.00345. The molecule has 0 saturated heterocycles. The van der Waals surface area contributed by atoms with Crippen LogP contribution in [0, 0.1) is 5.82 Å². The third-order valence-corrected chi connectivity index (χ3v) is 5.51. The fourth-order valence-electron chi connectivity index (χ4n) is 3.78. The first-order valence-electron chi connectivity index (χ1n) is 10.4. The van der Waals surface area contributed by atoms with Crippen molar-refractivity contribution < 1.29 is 22.0 Å². The van der Waals surface area contributed by atoms with Crippen LogP contribution in [-0.4, -0.2) is 66.0 Å². The number of likely N-dealkylation sites (N-methyl/N-ethyl adjacent to an activating group) is 1. The number of nitrogens with one attached hydrogen (secondary N) is 2. The predicted molar refractivity (Wildman–Crippen MR) is 116 cm³/mol. The Morgan fingerprint density at radius 3 is 2.70 bits per heavy atom. The van der Waals surface area contributed by atoms with E-state index in [0.29, 0.717) is 37.7 Å². The van der Waals surface area contributed by atoms with Gasteiger partial charge in [-0.2, -0.15) is 0 Å². The molecule has 2 heterocycles. The average molecular weight is 493 g/mol. The standard InChI is InChI=1S/C21H26ClF5N6/c1-28-11-21(26,27)12-32(2)6-7-33-9-15-16(10-33)30-20(22)31-19(15)29-8-13-4-3-5-14(17(13)23)18(24)25/h3-5,18,28H,6-12H2,1-2H3,(H,29,30,31). The Labute approximate surface area is 194 Å². The monoisotopic (exact) mass is 492 g/mol. The van der Waals surface area contributed by atoms with Gasteiger partial charge < -0.3 is 10.6 Å². The van der Waals surface area contributed by atoms with Gasteiger partial charge in [-0.3, -0.25) is 9.80 Å². The lowest BCUT2D eigenvalue weighted by molar-refractivity contribution is -0.0247. The lowest BCUT2D eigenvalue weighted by Gasteiger charge is -2.25. The summed E-state index contributed by atoms with van der Waals surface area (Å²) in [6.07, 6.45) is -2.91. The molecule has 0 unspecified atom stereocenters. The molecule has 1 aliphatic rings. The largest absolute Gasteiger partial charge is 0.365 e. The normalized spacial score (nSPS) is 14.4. The highest BCUT2D eigenvalue weighted by Gasteiger charge is 2.30. The molecule has 0 atom stereocenters. The molecule has 12 heteroatoms. The van der Waals surface area contributed by atoms with Gasteiger partial charge in [0.05, 0.1) is 24.3 Å². The van der Waals surface area contributed by atoms with Crippen LogP contribution in [0.3, 0.4) is 0 Å². The van der Waals surface area contributed by atoms with E-state index in [1.165, 1.54) is 19.2 Å². The van der Waals surface area contributed by atoms with E-state index in [1.54, 1.807) is 11.9 Å². The second kappa shape index (κ2) is 10.9. The smallest absolute Gasteiger partial charge is 0.272 e. The van der Waals surface area contributed by atoms with Gasteiger partial charge in [0.1, 0.15) is 11.6 Å². The predicted octanol–water partition coefficient (Wildman–Crippen LogP) is 3.92. The Balaban J connectivity index is 1.63. The third kappa shape index (κ3) is 6.72. The lowest BCUT2D eigenvalue weighted by Crippen LogP contribution is -2.43. The summed E-state index contributed by atoms with van der Waals surface area (Å²) in [4.78, 5) is 12.0. The van der Waals surface area contributed by atoms with Crippen molar-refractivity contribution in [2.75, 3.05) is 45.6 Å². The number of benzene rings is 1. The number of hydrogen-bond acceptors (Lipinski definition) is 6. The van der Waals surface area contributed by atoms with Crippen LogP contribution in [0.25, 0.3) is 0 Å². The molecule has 1 aliphatic heterocycles. The Kier molecular flexibility index (Phi) is 8.43. The molecule has 0 aliphatic carbocycles. The van der Waals surface area contributed by atoms with E-state index in [4.69, 9.17) is 11.6 Å². The molecule has 0 saturated carbocycles. The SMILES string of the molecule is CNCC(F)(F)CN(C)CCN1Cc2nc(Cl)nc(NCc3cccc(C(F)F)c3F)c2C1. The van der Waals surface area contributed by atoms with Crippen molar-refractivity contribution in [3.05, 3.63) is 51.7 Å². The van der Waals surface area contributed by atoms with Gasteiger partial charge in [0, 0.05) is 43.9 Å². The molecule has 2 aromatic rings. The van der Waals surface area contributed by atoms with E-state index in [-0.39, 0.29) is 23.9 Å². The molecule has 0 radical (unpaired) electrons. The number of halogens is 6. The molecule has 6 nitrogen and oxygen atoms in total. The van der Waals surface area contributed by atoms with Gasteiger partial charge in [0.2, 0.25) is 5.28 Å². The van der Waals surface area contributed by atoms with Crippen molar-refractivity contribution in [1.82, 2.24) is 25.1 Å². The van der Waals surface area contributed by atoms with Gasteiger partial charge in [-0.15, -0.1) is 0 Å². The Morgan fingerprint density at radius 1 is 1.24 bits per heavy atom. The molecule has 0 spiro atoms. The Morgan fingerprint density at radius 2 is 2.00 bits per heavy atom. The number of aromatic nitrogens is 2. The van der Waals surface area contributed by atoms with Crippen LogP contribution in [0.15, 0.2) is 18.2 Å². The number of hydrogen-bond donors (Lipinski definition) is 2. The summed E-state index contributed by atoms with van der Waals surface area (Å²) in [5, 5.41) is 5.47. The number of alkyl halides is 4. The molecule has 182 valence electrons. The van der Waals surface area contributed by atoms with Crippen LogP contribution < -0.4 is 10.6 Å². The van der Waals surface area contributed by atoms with Gasteiger partial charge in [-0.05, 0) is 25.7 Å². The summed E-state index contributed by atoms with van der Waals surface area (Å²) in [6.45, 7) is 1.03. The van der Waals surface area contributed by atoms with Crippen molar-refractivity contribution in [3.63, 3.8) is 0 Å². The highest BCUT2D eigenvalue weighted by molar-refractivity contribution is 6.28. The first-order valence-corrected chi connectivity index (χ1v) is 10.8. The summed E-state index contributed by atoms with van der Waals surface area (Å²) in [7, 11) is 3.12. The second-order valence-corrected chi connectivity index (χ2v) is 8.41. The van der Waals surface area contributed by atoms with Crippen molar-refractivity contribution in [3.8, 4) is 0 Å². The Bertz CT molecular complexity index is 961. The van der Waals surface area contributed by atoms with Gasteiger partial charge >= 0.3 is 0 Å². The summed E-state index contributed by atoms with van der Waals surface area (Å²) >= 11 is 6.03. The van der Waals surface area contributed by atoms with Gasteiger partial charge in [0.15, 0.2) is 0 Å². The van der Waals surface area contributed by atoms with Crippen LogP contribution in [0.5, 0.6) is 0 Å². The molecule has 1 aromatic heterocycles. The van der Waals surface area contributed by atoms with E-state index in [2.05, 4.69) is 20.6 Å². The highest BCUT2D eigenvalue weighted by Crippen LogP contribution is 2.29. The Hall–Kier alpha value is -2.08. The molecule has 0 bridgehead atoms. The van der Waals surface area contributed by atoms with Crippen LogP contribution in [0.1, 0.15) is 28.8 Å². The fourth-order valence-corrected chi connectivity index (χ4v) is 3.96. The lowest BCUT2D eigenvalue weighted by atomic mass is 10.1. The maximum atomic E-state index is 14.3.